The summed E-state index contributed by atoms with van der Waals surface area (Å²) in [4.78, 5) is 1.69. The average molecular weight is 259 g/mol. The topological polar surface area (TPSA) is 43.7 Å². The van der Waals surface area contributed by atoms with Gasteiger partial charge in [0.05, 0.1) is 11.7 Å². The summed E-state index contributed by atoms with van der Waals surface area (Å²) in [6.07, 6.45) is -1.06. The van der Waals surface area contributed by atoms with Gasteiger partial charge in [0, 0.05) is 24.7 Å². The Labute approximate surface area is 106 Å². The fourth-order valence-electron chi connectivity index (χ4n) is 1.89. The molecule has 1 aromatic rings. The van der Waals surface area contributed by atoms with Crippen molar-refractivity contribution >= 4 is 0 Å². The lowest BCUT2D eigenvalue weighted by molar-refractivity contribution is 0.0279. The van der Waals surface area contributed by atoms with Gasteiger partial charge in [-0.25, -0.2) is 8.78 Å². The standard InChI is InChI=1S/C13H19F2NO2/c1-13(2,18)8-16(3)7-12(17)10-5-4-9(14)6-11(10)15/h4-6,12,17-18H,7-8H2,1-3H3. The number of likely N-dealkylation sites (N-methyl/N-ethyl adjacent to an activating group) is 1. The van der Waals surface area contributed by atoms with E-state index in [4.69, 9.17) is 0 Å². The Balaban J connectivity index is 2.67. The van der Waals surface area contributed by atoms with Gasteiger partial charge in [-0.2, -0.15) is 0 Å². The quantitative estimate of drug-likeness (QED) is 0.846. The second kappa shape index (κ2) is 5.73. The number of hydrogen-bond acceptors (Lipinski definition) is 3. The highest BCUT2D eigenvalue weighted by molar-refractivity contribution is 5.21. The minimum Gasteiger partial charge on any atom is -0.389 e. The zero-order valence-electron chi connectivity index (χ0n) is 10.8. The Morgan fingerprint density at radius 3 is 2.44 bits per heavy atom. The molecular weight excluding hydrogens is 240 g/mol. The van der Waals surface area contributed by atoms with Crippen molar-refractivity contribution in [3.05, 3.63) is 35.4 Å². The molecule has 0 bridgehead atoms. The number of hydrogen-bond donors (Lipinski definition) is 2. The zero-order chi connectivity index (χ0) is 13.9. The van der Waals surface area contributed by atoms with Crippen LogP contribution in [0.3, 0.4) is 0 Å². The van der Waals surface area contributed by atoms with E-state index in [-0.39, 0.29) is 12.1 Å². The van der Waals surface area contributed by atoms with Crippen LogP contribution in [0.1, 0.15) is 25.5 Å². The van der Waals surface area contributed by atoms with E-state index in [0.29, 0.717) is 6.54 Å². The molecule has 1 rings (SSSR count). The van der Waals surface area contributed by atoms with Crippen molar-refractivity contribution in [2.45, 2.75) is 25.6 Å². The molecule has 18 heavy (non-hydrogen) atoms. The van der Waals surface area contributed by atoms with Crippen LogP contribution < -0.4 is 0 Å². The van der Waals surface area contributed by atoms with Crippen LogP contribution in [0.25, 0.3) is 0 Å². The van der Waals surface area contributed by atoms with Crippen molar-refractivity contribution in [3.8, 4) is 0 Å². The molecule has 0 radical (unpaired) electrons. The third kappa shape index (κ3) is 4.68. The first-order chi connectivity index (χ1) is 8.19. The maximum atomic E-state index is 13.4. The second-order valence-corrected chi connectivity index (χ2v) is 5.19. The third-order valence-electron chi connectivity index (χ3n) is 2.46. The minimum absolute atomic E-state index is 0.0546. The number of rotatable bonds is 5. The molecule has 0 amide bonds. The van der Waals surface area contributed by atoms with E-state index >= 15 is 0 Å². The number of halogens is 2. The van der Waals surface area contributed by atoms with Crippen molar-refractivity contribution in [2.24, 2.45) is 0 Å². The number of benzene rings is 1. The van der Waals surface area contributed by atoms with Crippen LogP contribution in [-0.4, -0.2) is 40.9 Å². The Bertz CT molecular complexity index is 404. The van der Waals surface area contributed by atoms with Crippen LogP contribution in [0, 0.1) is 11.6 Å². The fraction of sp³-hybridized carbons (Fsp3) is 0.538. The van der Waals surface area contributed by atoms with Crippen LogP contribution in [0.4, 0.5) is 8.78 Å². The lowest BCUT2D eigenvalue weighted by Crippen LogP contribution is -2.38. The monoisotopic (exact) mass is 259 g/mol. The molecule has 102 valence electrons. The van der Waals surface area contributed by atoms with E-state index in [1.54, 1.807) is 25.8 Å². The van der Waals surface area contributed by atoms with Crippen LogP contribution >= 0.6 is 0 Å². The molecule has 0 heterocycles. The summed E-state index contributed by atoms with van der Waals surface area (Å²) in [5.41, 5.74) is -0.838. The van der Waals surface area contributed by atoms with Crippen LogP contribution in [0.2, 0.25) is 0 Å². The number of aliphatic hydroxyl groups excluding tert-OH is 1. The average Bonchev–Trinajstić information content (AvgIpc) is 2.13. The van der Waals surface area contributed by atoms with Crippen molar-refractivity contribution < 1.29 is 19.0 Å². The summed E-state index contributed by atoms with van der Waals surface area (Å²) in [7, 11) is 1.71. The number of aliphatic hydroxyl groups is 2. The van der Waals surface area contributed by atoms with Crippen LogP contribution in [0.15, 0.2) is 18.2 Å². The van der Waals surface area contributed by atoms with Crippen molar-refractivity contribution in [1.29, 1.82) is 0 Å². The molecule has 1 atom stereocenters. The van der Waals surface area contributed by atoms with Gasteiger partial charge in [0.25, 0.3) is 0 Å². The minimum atomic E-state index is -1.06. The van der Waals surface area contributed by atoms with Gasteiger partial charge >= 0.3 is 0 Å². The second-order valence-electron chi connectivity index (χ2n) is 5.19. The molecule has 0 saturated heterocycles. The fourth-order valence-corrected chi connectivity index (χ4v) is 1.89. The van der Waals surface area contributed by atoms with Gasteiger partial charge in [-0.1, -0.05) is 6.07 Å². The first kappa shape index (κ1) is 15.0. The Morgan fingerprint density at radius 1 is 1.33 bits per heavy atom. The highest BCUT2D eigenvalue weighted by atomic mass is 19.1. The Hall–Kier alpha value is -1.04. The van der Waals surface area contributed by atoms with Gasteiger partial charge in [0.2, 0.25) is 0 Å². The summed E-state index contributed by atoms with van der Waals surface area (Å²) in [6.45, 7) is 3.79. The molecule has 2 N–H and O–H groups in total. The molecule has 0 aromatic heterocycles. The molecule has 1 aromatic carbocycles. The van der Waals surface area contributed by atoms with E-state index in [1.807, 2.05) is 0 Å². The molecule has 0 aliphatic heterocycles. The maximum absolute atomic E-state index is 13.4. The Morgan fingerprint density at radius 2 is 1.94 bits per heavy atom. The molecule has 0 spiro atoms. The maximum Gasteiger partial charge on any atom is 0.131 e. The molecule has 5 heteroatoms. The van der Waals surface area contributed by atoms with Gasteiger partial charge in [-0.05, 0) is 27.0 Å². The van der Waals surface area contributed by atoms with E-state index in [9.17, 15) is 19.0 Å². The van der Waals surface area contributed by atoms with E-state index in [2.05, 4.69) is 0 Å². The van der Waals surface area contributed by atoms with Gasteiger partial charge in [0.15, 0.2) is 0 Å². The SMILES string of the molecule is CN(CC(O)c1ccc(F)cc1F)CC(C)(C)O. The molecule has 3 nitrogen and oxygen atoms in total. The first-order valence-corrected chi connectivity index (χ1v) is 5.73. The first-order valence-electron chi connectivity index (χ1n) is 5.73. The molecule has 0 saturated carbocycles. The van der Waals surface area contributed by atoms with E-state index < -0.39 is 23.3 Å². The highest BCUT2D eigenvalue weighted by Gasteiger charge is 2.20. The predicted molar refractivity (Wildman–Crippen MR) is 65.1 cm³/mol. The smallest absolute Gasteiger partial charge is 0.131 e. The van der Waals surface area contributed by atoms with Gasteiger partial charge < -0.3 is 15.1 Å². The zero-order valence-corrected chi connectivity index (χ0v) is 10.8. The van der Waals surface area contributed by atoms with E-state index in [1.165, 1.54) is 6.07 Å². The molecule has 0 fully saturated rings. The number of nitrogens with zero attached hydrogens (tertiary/aromatic N) is 1. The lowest BCUT2D eigenvalue weighted by Gasteiger charge is -2.27. The predicted octanol–water partition coefficient (Wildman–Crippen LogP) is 1.70. The summed E-state index contributed by atoms with van der Waals surface area (Å²) in [5.74, 6) is -1.44. The van der Waals surface area contributed by atoms with Gasteiger partial charge in [-0.15, -0.1) is 0 Å². The van der Waals surface area contributed by atoms with Crippen LogP contribution in [0.5, 0.6) is 0 Å². The van der Waals surface area contributed by atoms with Crippen molar-refractivity contribution in [1.82, 2.24) is 4.90 Å². The summed E-state index contributed by atoms with van der Waals surface area (Å²) < 4.78 is 26.2. The molecule has 1 unspecified atom stereocenters. The summed E-state index contributed by atoms with van der Waals surface area (Å²) in [5, 5.41) is 19.5. The molecule has 0 aliphatic carbocycles. The van der Waals surface area contributed by atoms with Crippen LogP contribution in [-0.2, 0) is 0 Å². The summed E-state index contributed by atoms with van der Waals surface area (Å²) >= 11 is 0. The van der Waals surface area contributed by atoms with Crippen molar-refractivity contribution in [3.63, 3.8) is 0 Å². The lowest BCUT2D eigenvalue weighted by atomic mass is 10.1. The largest absolute Gasteiger partial charge is 0.389 e. The third-order valence-corrected chi connectivity index (χ3v) is 2.46. The van der Waals surface area contributed by atoms with Gasteiger partial charge in [0.1, 0.15) is 11.6 Å². The van der Waals surface area contributed by atoms with Gasteiger partial charge in [-0.3, -0.25) is 0 Å². The highest BCUT2D eigenvalue weighted by Crippen LogP contribution is 2.19. The summed E-state index contributed by atoms with van der Waals surface area (Å²) in [6, 6.07) is 3.08. The van der Waals surface area contributed by atoms with Crippen molar-refractivity contribution in [2.75, 3.05) is 20.1 Å². The molecular formula is C13H19F2NO2. The van der Waals surface area contributed by atoms with E-state index in [0.717, 1.165) is 12.1 Å². The molecule has 0 aliphatic rings. The normalized spacial score (nSPS) is 14.0. The Kier molecular flexibility index (Phi) is 4.78.